The Morgan fingerprint density at radius 2 is 1.85 bits per heavy atom. The van der Waals surface area contributed by atoms with Crippen molar-refractivity contribution in [3.63, 3.8) is 0 Å². The Bertz CT molecular complexity index is 363. The lowest BCUT2D eigenvalue weighted by Gasteiger charge is -2.22. The van der Waals surface area contributed by atoms with E-state index in [4.69, 9.17) is 9.47 Å². The van der Waals surface area contributed by atoms with Gasteiger partial charge in [-0.15, -0.1) is 0 Å². The molecule has 0 spiro atoms. The Kier molecular flexibility index (Phi) is 5.90. The second-order valence-corrected chi connectivity index (χ2v) is 6.48. The maximum absolute atomic E-state index is 14.4. The summed E-state index contributed by atoms with van der Waals surface area (Å²) in [5, 5.41) is 0. The molecule has 0 N–H and O–H groups in total. The molecule has 0 aromatic rings. The van der Waals surface area contributed by atoms with E-state index < -0.39 is 17.8 Å². The zero-order valence-corrected chi connectivity index (χ0v) is 13.4. The summed E-state index contributed by atoms with van der Waals surface area (Å²) in [7, 11) is 0. The summed E-state index contributed by atoms with van der Waals surface area (Å²) in [6.45, 7) is 11.5. The molecule has 1 heterocycles. The van der Waals surface area contributed by atoms with E-state index in [-0.39, 0.29) is 24.3 Å². The third-order valence-corrected chi connectivity index (χ3v) is 3.95. The van der Waals surface area contributed by atoms with Crippen molar-refractivity contribution in [1.29, 1.82) is 0 Å². The smallest absolute Gasteiger partial charge is 0.163 e. The summed E-state index contributed by atoms with van der Waals surface area (Å²) in [4.78, 5) is 10.7. The molecule has 0 unspecified atom stereocenters. The molecule has 0 saturated carbocycles. The number of halogens is 1. The van der Waals surface area contributed by atoms with Crippen LogP contribution in [0.25, 0.3) is 0 Å². The lowest BCUT2D eigenvalue weighted by atomic mass is 9.92. The summed E-state index contributed by atoms with van der Waals surface area (Å²) < 4.78 is 25.8. The summed E-state index contributed by atoms with van der Waals surface area (Å²) in [6, 6.07) is 0. The number of carbonyl (C=O) groups is 1. The van der Waals surface area contributed by atoms with Gasteiger partial charge in [0, 0.05) is 12.3 Å². The van der Waals surface area contributed by atoms with Gasteiger partial charge >= 0.3 is 0 Å². The molecule has 0 aromatic carbocycles. The van der Waals surface area contributed by atoms with Crippen molar-refractivity contribution in [3.8, 4) is 0 Å². The van der Waals surface area contributed by atoms with Crippen molar-refractivity contribution >= 4 is 6.29 Å². The van der Waals surface area contributed by atoms with E-state index >= 15 is 0 Å². The highest BCUT2D eigenvalue weighted by Gasteiger charge is 2.44. The summed E-state index contributed by atoms with van der Waals surface area (Å²) in [5.74, 6) is -0.819. The molecule has 1 saturated heterocycles. The predicted octanol–water partition coefficient (Wildman–Crippen LogP) is 3.88. The van der Waals surface area contributed by atoms with Crippen molar-refractivity contribution in [3.05, 3.63) is 11.9 Å². The fourth-order valence-electron chi connectivity index (χ4n) is 2.32. The van der Waals surface area contributed by atoms with E-state index in [1.165, 1.54) is 0 Å². The van der Waals surface area contributed by atoms with Crippen LogP contribution in [0.2, 0.25) is 0 Å². The molecule has 116 valence electrons. The average molecular weight is 286 g/mol. The van der Waals surface area contributed by atoms with Crippen molar-refractivity contribution < 1.29 is 18.7 Å². The number of rotatable bonds is 6. The number of hydrogen-bond donors (Lipinski definition) is 0. The highest BCUT2D eigenvalue weighted by molar-refractivity contribution is 5.50. The van der Waals surface area contributed by atoms with E-state index in [2.05, 4.69) is 13.8 Å². The van der Waals surface area contributed by atoms with E-state index in [9.17, 15) is 9.18 Å². The van der Waals surface area contributed by atoms with Gasteiger partial charge in [0.15, 0.2) is 5.79 Å². The highest BCUT2D eigenvalue weighted by atomic mass is 19.1. The first-order valence-corrected chi connectivity index (χ1v) is 7.34. The monoisotopic (exact) mass is 286 g/mol. The molecule has 1 aliphatic rings. The Hall–Kier alpha value is -0.740. The molecule has 0 aliphatic carbocycles. The molecular formula is C16H27FO3. The van der Waals surface area contributed by atoms with Gasteiger partial charge in [0.05, 0.1) is 12.2 Å². The molecule has 1 aliphatic heterocycles. The molecular weight excluding hydrogens is 259 g/mol. The van der Waals surface area contributed by atoms with E-state index in [1.54, 1.807) is 26.8 Å². The lowest BCUT2D eigenvalue weighted by molar-refractivity contribution is -0.150. The van der Waals surface area contributed by atoms with E-state index in [0.717, 1.165) is 6.29 Å². The fraction of sp³-hybridized carbons (Fsp3) is 0.812. The van der Waals surface area contributed by atoms with Gasteiger partial charge in [-0.05, 0) is 31.8 Å². The number of allylic oxidation sites excluding steroid dienone is 1. The van der Waals surface area contributed by atoms with Gasteiger partial charge in [0.1, 0.15) is 12.1 Å². The molecule has 0 bridgehead atoms. The zero-order valence-electron chi connectivity index (χ0n) is 13.4. The quantitative estimate of drug-likeness (QED) is 0.695. The minimum Gasteiger partial charge on any atom is -0.344 e. The molecule has 1 fully saturated rings. The summed E-state index contributed by atoms with van der Waals surface area (Å²) in [5.41, 5.74) is 0. The first-order chi connectivity index (χ1) is 9.18. The minimum atomic E-state index is -0.767. The second kappa shape index (κ2) is 6.81. The second-order valence-electron chi connectivity index (χ2n) is 6.48. The Morgan fingerprint density at radius 1 is 1.25 bits per heavy atom. The van der Waals surface area contributed by atoms with Crippen LogP contribution in [-0.4, -0.2) is 24.3 Å². The maximum Gasteiger partial charge on any atom is 0.163 e. The van der Waals surface area contributed by atoms with Crippen LogP contribution >= 0.6 is 0 Å². The normalized spacial score (nSPS) is 29.5. The lowest BCUT2D eigenvalue weighted by Crippen LogP contribution is -2.30. The van der Waals surface area contributed by atoms with Crippen molar-refractivity contribution in [1.82, 2.24) is 0 Å². The number of ether oxygens (including phenoxy) is 2. The van der Waals surface area contributed by atoms with Gasteiger partial charge in [-0.3, -0.25) is 0 Å². The van der Waals surface area contributed by atoms with Crippen molar-refractivity contribution in [2.24, 2.45) is 17.8 Å². The number of aldehydes is 1. The molecule has 1 rings (SSSR count). The Labute approximate surface area is 121 Å². The van der Waals surface area contributed by atoms with Crippen LogP contribution in [0.4, 0.5) is 4.39 Å². The van der Waals surface area contributed by atoms with Crippen LogP contribution in [0, 0.1) is 17.8 Å². The molecule has 0 aromatic heterocycles. The molecule has 20 heavy (non-hydrogen) atoms. The molecule has 3 nitrogen and oxygen atoms in total. The summed E-state index contributed by atoms with van der Waals surface area (Å²) in [6.07, 6.45) is 1.87. The largest absolute Gasteiger partial charge is 0.344 e. The van der Waals surface area contributed by atoms with E-state index in [0.29, 0.717) is 5.92 Å². The number of hydrogen-bond acceptors (Lipinski definition) is 3. The standard InChI is InChI=1S/C16H27FO3/c1-10(2)11(3)9-13(17)12(4)15-14(7-8-18)19-16(5,6)20-15/h8-12,14-15H,7H2,1-6H3/b13-9+/t11-,12-,14+,15-/m1/s1. The first kappa shape index (κ1) is 17.3. The third-order valence-electron chi connectivity index (χ3n) is 3.95. The first-order valence-electron chi connectivity index (χ1n) is 7.34. The van der Waals surface area contributed by atoms with Gasteiger partial charge < -0.3 is 14.3 Å². The van der Waals surface area contributed by atoms with Crippen LogP contribution in [0.5, 0.6) is 0 Å². The van der Waals surface area contributed by atoms with Crippen LogP contribution in [-0.2, 0) is 14.3 Å². The van der Waals surface area contributed by atoms with Gasteiger partial charge in [-0.1, -0.05) is 27.7 Å². The minimum absolute atomic E-state index is 0.164. The molecule has 0 amide bonds. The highest BCUT2D eigenvalue weighted by Crippen LogP contribution is 2.36. The average Bonchev–Trinajstić information content (AvgIpc) is 2.63. The summed E-state index contributed by atoms with van der Waals surface area (Å²) >= 11 is 0. The zero-order chi connectivity index (χ0) is 15.5. The fourth-order valence-corrected chi connectivity index (χ4v) is 2.32. The van der Waals surface area contributed by atoms with Crippen LogP contribution < -0.4 is 0 Å². The van der Waals surface area contributed by atoms with Crippen LogP contribution in [0.15, 0.2) is 11.9 Å². The van der Waals surface area contributed by atoms with Crippen molar-refractivity contribution in [2.45, 2.75) is 66.0 Å². The maximum atomic E-state index is 14.4. The van der Waals surface area contributed by atoms with Crippen LogP contribution in [0.1, 0.15) is 48.0 Å². The van der Waals surface area contributed by atoms with Crippen molar-refractivity contribution in [2.75, 3.05) is 0 Å². The van der Waals surface area contributed by atoms with Gasteiger partial charge in [-0.25, -0.2) is 4.39 Å². The van der Waals surface area contributed by atoms with Crippen LogP contribution in [0.3, 0.4) is 0 Å². The Morgan fingerprint density at radius 3 is 2.35 bits per heavy atom. The SMILES string of the molecule is CC(C)[C@H](C)/C=C(/F)[C@@H](C)[C@H]1OC(C)(C)O[C@H]1CC=O. The van der Waals surface area contributed by atoms with Gasteiger partial charge in [0.25, 0.3) is 0 Å². The topological polar surface area (TPSA) is 35.5 Å². The molecule has 0 radical (unpaired) electrons. The number of carbonyl (C=O) groups excluding carboxylic acids is 1. The Balaban J connectivity index is 2.83. The third kappa shape index (κ3) is 4.38. The van der Waals surface area contributed by atoms with Gasteiger partial charge in [-0.2, -0.15) is 0 Å². The molecule has 4 heteroatoms. The predicted molar refractivity (Wildman–Crippen MR) is 76.9 cm³/mol. The molecule has 4 atom stereocenters. The van der Waals surface area contributed by atoms with E-state index in [1.807, 2.05) is 6.92 Å². The van der Waals surface area contributed by atoms with Gasteiger partial charge in [0.2, 0.25) is 0 Å².